The van der Waals surface area contributed by atoms with E-state index in [9.17, 15) is 14.7 Å². The van der Waals surface area contributed by atoms with Crippen molar-refractivity contribution in [1.82, 2.24) is 15.5 Å². The minimum atomic E-state index is -0.591. The molecule has 9 heteroatoms. The van der Waals surface area contributed by atoms with E-state index in [2.05, 4.69) is 20.7 Å². The number of carbonyl (C=O) groups is 2. The van der Waals surface area contributed by atoms with Gasteiger partial charge in [0.05, 0.1) is 23.8 Å². The summed E-state index contributed by atoms with van der Waals surface area (Å²) < 4.78 is 4.55. The van der Waals surface area contributed by atoms with Gasteiger partial charge in [-0.2, -0.15) is 0 Å². The SMILES string of the molecule is CCN1C(CC(NC)C(=O)NCC(=O)OC)SC(CNc2ccccc2)C1O. The lowest BCUT2D eigenvalue weighted by molar-refractivity contribution is -0.141. The van der Waals surface area contributed by atoms with Gasteiger partial charge < -0.3 is 25.8 Å². The molecule has 0 saturated carbocycles. The van der Waals surface area contributed by atoms with Gasteiger partial charge in [0, 0.05) is 12.2 Å². The predicted octanol–water partition coefficient (Wildman–Crippen LogP) is 0.448. The topological polar surface area (TPSA) is 103 Å². The smallest absolute Gasteiger partial charge is 0.325 e. The van der Waals surface area contributed by atoms with Gasteiger partial charge in [0.25, 0.3) is 0 Å². The predicted molar refractivity (Wildman–Crippen MR) is 111 cm³/mol. The van der Waals surface area contributed by atoms with E-state index in [4.69, 9.17) is 0 Å². The molecular formula is C19H30N4O4S. The number of hydrogen-bond acceptors (Lipinski definition) is 8. The van der Waals surface area contributed by atoms with Crippen LogP contribution in [-0.2, 0) is 14.3 Å². The molecule has 0 aromatic heterocycles. The van der Waals surface area contributed by atoms with E-state index in [0.717, 1.165) is 5.69 Å². The third-order valence-electron chi connectivity index (χ3n) is 4.76. The van der Waals surface area contributed by atoms with Gasteiger partial charge in [0.15, 0.2) is 0 Å². The maximum atomic E-state index is 12.4. The molecule has 0 radical (unpaired) electrons. The van der Waals surface area contributed by atoms with Gasteiger partial charge in [-0.15, -0.1) is 11.8 Å². The fraction of sp³-hybridized carbons (Fsp3) is 0.579. The number of ether oxygens (including phenoxy) is 1. The highest BCUT2D eigenvalue weighted by Crippen LogP contribution is 2.37. The zero-order valence-electron chi connectivity index (χ0n) is 16.6. The number of nitrogens with one attached hydrogen (secondary N) is 3. The lowest BCUT2D eigenvalue weighted by Gasteiger charge is -2.27. The number of para-hydroxylation sites is 1. The molecule has 1 aromatic carbocycles. The van der Waals surface area contributed by atoms with Crippen LogP contribution in [0.4, 0.5) is 5.69 Å². The van der Waals surface area contributed by atoms with E-state index in [-0.39, 0.29) is 23.1 Å². The van der Waals surface area contributed by atoms with Crippen LogP contribution in [0.25, 0.3) is 0 Å². The van der Waals surface area contributed by atoms with E-state index < -0.39 is 18.2 Å². The summed E-state index contributed by atoms with van der Waals surface area (Å²) in [4.78, 5) is 25.6. The number of benzene rings is 1. The number of anilines is 1. The number of thioether (sulfide) groups is 1. The monoisotopic (exact) mass is 410 g/mol. The molecule has 1 amide bonds. The summed E-state index contributed by atoms with van der Waals surface area (Å²) in [5.41, 5.74) is 1.01. The van der Waals surface area contributed by atoms with E-state index in [1.54, 1.807) is 18.8 Å². The van der Waals surface area contributed by atoms with Gasteiger partial charge in [-0.05, 0) is 32.1 Å². The Morgan fingerprint density at radius 1 is 1.32 bits per heavy atom. The summed E-state index contributed by atoms with van der Waals surface area (Å²) in [6.07, 6.45) is -0.0761. The summed E-state index contributed by atoms with van der Waals surface area (Å²) in [5, 5.41) is 19.6. The Morgan fingerprint density at radius 3 is 2.64 bits per heavy atom. The highest BCUT2D eigenvalue weighted by molar-refractivity contribution is 8.00. The van der Waals surface area contributed by atoms with Gasteiger partial charge >= 0.3 is 5.97 Å². The summed E-state index contributed by atoms with van der Waals surface area (Å²) in [6, 6.07) is 9.40. The molecule has 0 spiro atoms. The first kappa shape index (κ1) is 22.5. The number of nitrogens with zero attached hydrogens (tertiary/aromatic N) is 1. The van der Waals surface area contributed by atoms with Crippen LogP contribution in [0.3, 0.4) is 0 Å². The van der Waals surface area contributed by atoms with Crippen molar-refractivity contribution in [2.24, 2.45) is 0 Å². The van der Waals surface area contributed by atoms with Crippen LogP contribution >= 0.6 is 11.8 Å². The van der Waals surface area contributed by atoms with Crippen LogP contribution in [0.2, 0.25) is 0 Å². The average Bonchev–Trinajstić information content (AvgIpc) is 3.03. The first-order chi connectivity index (χ1) is 13.5. The summed E-state index contributed by atoms with van der Waals surface area (Å²) in [6.45, 7) is 3.15. The number of aliphatic hydroxyl groups excluding tert-OH is 1. The molecule has 1 saturated heterocycles. The van der Waals surface area contributed by atoms with Gasteiger partial charge in [-0.1, -0.05) is 25.1 Å². The molecule has 2 rings (SSSR count). The quantitative estimate of drug-likeness (QED) is 0.412. The van der Waals surface area contributed by atoms with E-state index in [0.29, 0.717) is 19.5 Å². The zero-order chi connectivity index (χ0) is 20.5. The van der Waals surface area contributed by atoms with Crippen molar-refractivity contribution >= 4 is 29.3 Å². The van der Waals surface area contributed by atoms with Crippen molar-refractivity contribution in [2.45, 2.75) is 36.2 Å². The third kappa shape index (κ3) is 6.10. The van der Waals surface area contributed by atoms with Gasteiger partial charge in [0.1, 0.15) is 12.8 Å². The molecular weight excluding hydrogens is 380 g/mol. The van der Waals surface area contributed by atoms with Crippen LogP contribution in [0.1, 0.15) is 13.3 Å². The van der Waals surface area contributed by atoms with Gasteiger partial charge in [-0.3, -0.25) is 14.5 Å². The summed E-state index contributed by atoms with van der Waals surface area (Å²) >= 11 is 1.66. The minimum Gasteiger partial charge on any atom is -0.468 e. The molecule has 4 atom stereocenters. The fourth-order valence-electron chi connectivity index (χ4n) is 3.16. The highest BCUT2D eigenvalue weighted by Gasteiger charge is 2.41. The van der Waals surface area contributed by atoms with Crippen LogP contribution in [0.15, 0.2) is 30.3 Å². The van der Waals surface area contributed by atoms with E-state index in [1.165, 1.54) is 7.11 Å². The maximum absolute atomic E-state index is 12.4. The Bertz CT molecular complexity index is 634. The molecule has 4 unspecified atom stereocenters. The van der Waals surface area contributed by atoms with Gasteiger partial charge in [-0.25, -0.2) is 0 Å². The van der Waals surface area contributed by atoms with Crippen molar-refractivity contribution in [3.63, 3.8) is 0 Å². The Labute approximate surface area is 170 Å². The van der Waals surface area contributed by atoms with E-state index >= 15 is 0 Å². The molecule has 1 aromatic rings. The van der Waals surface area contributed by atoms with Gasteiger partial charge in [0.2, 0.25) is 5.91 Å². The van der Waals surface area contributed by atoms with Crippen molar-refractivity contribution < 1.29 is 19.4 Å². The lowest BCUT2D eigenvalue weighted by Crippen LogP contribution is -2.48. The first-order valence-electron chi connectivity index (χ1n) is 9.40. The zero-order valence-corrected chi connectivity index (χ0v) is 17.4. The van der Waals surface area contributed by atoms with Crippen molar-refractivity contribution in [3.05, 3.63) is 30.3 Å². The second kappa shape index (κ2) is 11.3. The van der Waals surface area contributed by atoms with Crippen molar-refractivity contribution in [3.8, 4) is 0 Å². The van der Waals surface area contributed by atoms with Crippen LogP contribution in [-0.4, -0.2) is 78.6 Å². The van der Waals surface area contributed by atoms with Crippen LogP contribution < -0.4 is 16.0 Å². The molecule has 0 aliphatic carbocycles. The third-order valence-corrected chi connectivity index (χ3v) is 6.29. The number of methoxy groups -OCH3 is 1. The largest absolute Gasteiger partial charge is 0.468 e. The number of aliphatic hydroxyl groups is 1. The molecule has 1 aliphatic heterocycles. The molecule has 1 aliphatic rings. The minimum absolute atomic E-state index is 0.0103. The number of esters is 1. The van der Waals surface area contributed by atoms with Crippen LogP contribution in [0.5, 0.6) is 0 Å². The second-order valence-electron chi connectivity index (χ2n) is 6.49. The Kier molecular flexibility index (Phi) is 9.04. The Morgan fingerprint density at radius 2 is 2.04 bits per heavy atom. The Balaban J connectivity index is 1.93. The lowest BCUT2D eigenvalue weighted by atomic mass is 10.1. The molecule has 1 fully saturated rings. The summed E-state index contributed by atoms with van der Waals surface area (Å²) in [7, 11) is 2.99. The first-order valence-corrected chi connectivity index (χ1v) is 10.3. The molecule has 8 nitrogen and oxygen atoms in total. The standard InChI is InChI=1S/C19H30N4O4S/c1-4-23-16(10-14(20-2)18(25)22-12-17(24)27-3)28-15(19(23)26)11-21-13-8-6-5-7-9-13/h5-9,14-16,19-21,26H,4,10-12H2,1-3H3,(H,22,25). The number of carbonyl (C=O) groups excluding carboxylic acids is 2. The number of likely N-dealkylation sites (N-methyl/N-ethyl adjacent to an activating group) is 1. The van der Waals surface area contributed by atoms with Crippen molar-refractivity contribution in [2.75, 3.05) is 39.1 Å². The normalized spacial score (nSPS) is 23.2. The summed E-state index contributed by atoms with van der Waals surface area (Å²) in [5.74, 6) is -0.749. The average molecular weight is 411 g/mol. The molecule has 156 valence electrons. The number of rotatable bonds is 10. The molecule has 0 bridgehead atoms. The number of hydrogen-bond donors (Lipinski definition) is 4. The highest BCUT2D eigenvalue weighted by atomic mass is 32.2. The van der Waals surface area contributed by atoms with Crippen LogP contribution in [0, 0.1) is 0 Å². The number of amides is 1. The molecule has 4 N–H and O–H groups in total. The van der Waals surface area contributed by atoms with Crippen molar-refractivity contribution in [1.29, 1.82) is 0 Å². The van der Waals surface area contributed by atoms with E-state index in [1.807, 2.05) is 42.2 Å². The second-order valence-corrected chi connectivity index (χ2v) is 7.91. The molecule has 28 heavy (non-hydrogen) atoms. The molecule has 1 heterocycles. The Hall–Kier alpha value is -1.81. The maximum Gasteiger partial charge on any atom is 0.325 e. The fourth-order valence-corrected chi connectivity index (χ4v) is 4.77.